The van der Waals surface area contributed by atoms with Crippen molar-refractivity contribution in [3.8, 4) is 0 Å². The first-order valence-electron chi connectivity index (χ1n) is 9.09. The number of carbonyl (C=O) groups excluding carboxylic acids is 1. The predicted molar refractivity (Wildman–Crippen MR) is 122 cm³/mol. The minimum Gasteiger partial charge on any atom is -0.272 e. The molecule has 0 spiro atoms. The molecule has 0 saturated carbocycles. The van der Waals surface area contributed by atoms with E-state index in [4.69, 9.17) is 23.2 Å². The van der Waals surface area contributed by atoms with E-state index in [0.29, 0.717) is 27.1 Å². The smallest absolute Gasteiger partial charge is 0.272 e. The van der Waals surface area contributed by atoms with Gasteiger partial charge in [-0.15, -0.1) is 0 Å². The highest BCUT2D eigenvalue weighted by molar-refractivity contribution is 6.37. The molecular formula is C22H14Cl2N4O3. The lowest BCUT2D eigenvalue weighted by molar-refractivity contribution is -0.384. The van der Waals surface area contributed by atoms with Gasteiger partial charge < -0.3 is 0 Å². The van der Waals surface area contributed by atoms with Gasteiger partial charge >= 0.3 is 0 Å². The van der Waals surface area contributed by atoms with Gasteiger partial charge in [0.1, 0.15) is 10.8 Å². The van der Waals surface area contributed by atoms with Crippen molar-refractivity contribution in [2.75, 3.05) is 5.43 Å². The summed E-state index contributed by atoms with van der Waals surface area (Å²) in [4.78, 5) is 23.9. The van der Waals surface area contributed by atoms with Crippen molar-refractivity contribution >= 4 is 57.6 Å². The number of hydrogen-bond donors (Lipinski definition) is 1. The van der Waals surface area contributed by atoms with Crippen LogP contribution in [0.15, 0.2) is 77.9 Å². The number of halogens is 2. The highest BCUT2D eigenvalue weighted by Crippen LogP contribution is 2.31. The summed E-state index contributed by atoms with van der Waals surface area (Å²) in [7, 11) is 0. The van der Waals surface area contributed by atoms with Crippen LogP contribution in [0.1, 0.15) is 15.9 Å². The number of hydrazone groups is 1. The molecule has 31 heavy (non-hydrogen) atoms. The molecule has 0 saturated heterocycles. The number of para-hydroxylation sites is 3. The fraction of sp³-hybridized carbons (Fsp3) is 0. The zero-order chi connectivity index (χ0) is 22.0. The van der Waals surface area contributed by atoms with Crippen LogP contribution in [0.4, 0.5) is 11.4 Å². The molecule has 7 nitrogen and oxygen atoms in total. The van der Waals surface area contributed by atoms with Crippen LogP contribution in [-0.4, -0.2) is 21.6 Å². The topological polar surface area (TPSA) is 89.5 Å². The van der Waals surface area contributed by atoms with E-state index in [2.05, 4.69) is 10.5 Å². The van der Waals surface area contributed by atoms with Crippen LogP contribution >= 0.6 is 23.2 Å². The Morgan fingerprint density at radius 3 is 2.45 bits per heavy atom. The second-order valence-electron chi connectivity index (χ2n) is 6.49. The van der Waals surface area contributed by atoms with E-state index in [9.17, 15) is 14.9 Å². The lowest BCUT2D eigenvalue weighted by Crippen LogP contribution is -2.12. The summed E-state index contributed by atoms with van der Waals surface area (Å²) in [5, 5.41) is 16.4. The largest absolute Gasteiger partial charge is 0.294 e. The lowest BCUT2D eigenvalue weighted by Gasteiger charge is -2.07. The Hall–Kier alpha value is -3.68. The highest BCUT2D eigenvalue weighted by Gasteiger charge is 2.21. The SMILES string of the molecule is O=C(c1ccccc1Cl)n1c(Cl)c(C=NNc2ccccc2[N+](=O)[O-])c2ccccc21. The van der Waals surface area contributed by atoms with Crippen LogP contribution in [-0.2, 0) is 0 Å². The number of fused-ring (bicyclic) bond motifs is 1. The van der Waals surface area contributed by atoms with Crippen LogP contribution in [0.25, 0.3) is 10.9 Å². The summed E-state index contributed by atoms with van der Waals surface area (Å²) in [5.74, 6) is -0.377. The first kappa shape index (κ1) is 20.6. The highest BCUT2D eigenvalue weighted by atomic mass is 35.5. The molecule has 154 valence electrons. The van der Waals surface area contributed by atoms with Crippen molar-refractivity contribution in [2.45, 2.75) is 0 Å². The van der Waals surface area contributed by atoms with Gasteiger partial charge in [-0.1, -0.05) is 65.7 Å². The average molecular weight is 453 g/mol. The number of benzene rings is 3. The molecule has 1 heterocycles. The second-order valence-corrected chi connectivity index (χ2v) is 7.25. The summed E-state index contributed by atoms with van der Waals surface area (Å²) < 4.78 is 1.37. The number of rotatable bonds is 5. The molecule has 1 aromatic heterocycles. The molecule has 0 aliphatic heterocycles. The Morgan fingerprint density at radius 2 is 1.68 bits per heavy atom. The summed E-state index contributed by atoms with van der Waals surface area (Å²) in [6.07, 6.45) is 1.43. The number of aromatic nitrogens is 1. The molecule has 0 radical (unpaired) electrons. The number of nitro benzene ring substituents is 1. The van der Waals surface area contributed by atoms with Gasteiger partial charge in [-0.3, -0.25) is 24.9 Å². The van der Waals surface area contributed by atoms with E-state index in [-0.39, 0.29) is 22.4 Å². The zero-order valence-electron chi connectivity index (χ0n) is 15.8. The van der Waals surface area contributed by atoms with E-state index in [0.717, 1.165) is 0 Å². The molecule has 0 aliphatic carbocycles. The molecule has 1 N–H and O–H groups in total. The van der Waals surface area contributed by atoms with E-state index >= 15 is 0 Å². The summed E-state index contributed by atoms with van der Waals surface area (Å²) in [6.45, 7) is 0. The van der Waals surface area contributed by atoms with Gasteiger partial charge in [0.2, 0.25) is 0 Å². The number of carbonyl (C=O) groups is 1. The van der Waals surface area contributed by atoms with Crippen molar-refractivity contribution in [2.24, 2.45) is 5.10 Å². The number of hydrogen-bond acceptors (Lipinski definition) is 5. The normalized spacial score (nSPS) is 11.2. The van der Waals surface area contributed by atoms with Crippen LogP contribution in [0.5, 0.6) is 0 Å². The predicted octanol–water partition coefficient (Wildman–Crippen LogP) is 5.99. The number of nitrogens with zero attached hydrogens (tertiary/aromatic N) is 3. The van der Waals surface area contributed by atoms with E-state index in [1.807, 2.05) is 12.1 Å². The Kier molecular flexibility index (Phi) is 5.70. The molecule has 4 aromatic rings. The van der Waals surface area contributed by atoms with Gasteiger partial charge in [0.05, 0.1) is 27.2 Å². The molecule has 0 aliphatic rings. The fourth-order valence-electron chi connectivity index (χ4n) is 3.20. The zero-order valence-corrected chi connectivity index (χ0v) is 17.3. The van der Waals surface area contributed by atoms with Gasteiger partial charge in [0.15, 0.2) is 0 Å². The van der Waals surface area contributed by atoms with Gasteiger partial charge in [0, 0.05) is 17.0 Å². The maximum Gasteiger partial charge on any atom is 0.294 e. The molecule has 0 bridgehead atoms. The maximum absolute atomic E-state index is 13.2. The Labute approximate surface area is 186 Å². The third-order valence-electron chi connectivity index (χ3n) is 4.64. The maximum atomic E-state index is 13.2. The van der Waals surface area contributed by atoms with Crippen molar-refractivity contribution in [3.63, 3.8) is 0 Å². The minimum absolute atomic E-state index is 0.109. The Bertz CT molecular complexity index is 1350. The number of nitro groups is 1. The molecule has 9 heteroatoms. The fourth-order valence-corrected chi connectivity index (χ4v) is 3.74. The third-order valence-corrected chi connectivity index (χ3v) is 5.34. The first-order chi connectivity index (χ1) is 15.0. The molecule has 3 aromatic carbocycles. The average Bonchev–Trinajstić information content (AvgIpc) is 3.05. The number of nitrogens with one attached hydrogen (secondary N) is 1. The summed E-state index contributed by atoms with van der Waals surface area (Å²) in [6, 6.07) is 20.0. The molecule has 4 rings (SSSR count). The third kappa shape index (κ3) is 3.88. The van der Waals surface area contributed by atoms with Crippen molar-refractivity contribution < 1.29 is 9.72 Å². The second kappa shape index (κ2) is 8.59. The van der Waals surface area contributed by atoms with Gasteiger partial charge in [0.25, 0.3) is 11.6 Å². The van der Waals surface area contributed by atoms with Crippen LogP contribution in [0.2, 0.25) is 10.2 Å². The van der Waals surface area contributed by atoms with E-state index in [1.54, 1.807) is 54.6 Å². The van der Waals surface area contributed by atoms with Gasteiger partial charge in [-0.25, -0.2) is 0 Å². The van der Waals surface area contributed by atoms with Crippen molar-refractivity contribution in [1.29, 1.82) is 0 Å². The monoisotopic (exact) mass is 452 g/mol. The quantitative estimate of drug-likeness (QED) is 0.228. The molecule has 0 amide bonds. The van der Waals surface area contributed by atoms with Gasteiger partial charge in [-0.2, -0.15) is 5.10 Å². The molecular weight excluding hydrogens is 439 g/mol. The van der Waals surface area contributed by atoms with Gasteiger partial charge in [-0.05, 0) is 24.3 Å². The van der Waals surface area contributed by atoms with Crippen molar-refractivity contribution in [1.82, 2.24) is 4.57 Å². The van der Waals surface area contributed by atoms with Crippen molar-refractivity contribution in [3.05, 3.63) is 104 Å². The minimum atomic E-state index is -0.501. The lowest BCUT2D eigenvalue weighted by atomic mass is 10.2. The first-order valence-corrected chi connectivity index (χ1v) is 9.85. The van der Waals surface area contributed by atoms with Crippen LogP contribution in [0, 0.1) is 10.1 Å². The molecule has 0 fully saturated rings. The summed E-state index contributed by atoms with van der Waals surface area (Å²) >= 11 is 12.8. The van der Waals surface area contributed by atoms with Crippen LogP contribution < -0.4 is 5.43 Å². The van der Waals surface area contributed by atoms with Crippen LogP contribution in [0.3, 0.4) is 0 Å². The summed E-state index contributed by atoms with van der Waals surface area (Å²) in [5.41, 5.74) is 4.18. The molecule has 0 atom stereocenters. The van der Waals surface area contributed by atoms with E-state index < -0.39 is 4.92 Å². The number of anilines is 1. The standard InChI is InChI=1S/C22H14Cl2N4O3/c23-17-9-3-1-8-15(17)22(29)27-19-11-5-2-7-14(19)16(21(27)24)13-25-26-18-10-4-6-12-20(18)28(30)31/h1-13,26H. The Morgan fingerprint density at radius 1 is 1.00 bits per heavy atom. The Balaban J connectivity index is 1.76. The van der Waals surface area contributed by atoms with E-state index in [1.165, 1.54) is 16.8 Å². The molecule has 0 unspecified atom stereocenters.